The third kappa shape index (κ3) is 5.02. The summed E-state index contributed by atoms with van der Waals surface area (Å²) in [6.07, 6.45) is 2.28. The van der Waals surface area contributed by atoms with Crippen molar-refractivity contribution in [2.75, 3.05) is 13.2 Å². The van der Waals surface area contributed by atoms with Gasteiger partial charge in [0.25, 0.3) is 0 Å². The molecule has 0 bridgehead atoms. The van der Waals surface area contributed by atoms with Gasteiger partial charge in [-0.25, -0.2) is 0 Å². The predicted octanol–water partition coefficient (Wildman–Crippen LogP) is 1.57. The lowest BCUT2D eigenvalue weighted by Gasteiger charge is -2.25. The topological polar surface area (TPSA) is 40.5 Å². The third-order valence-corrected chi connectivity index (χ3v) is 1.88. The van der Waals surface area contributed by atoms with E-state index in [1.54, 1.807) is 11.0 Å². The molecule has 0 saturated carbocycles. The summed E-state index contributed by atoms with van der Waals surface area (Å²) in [4.78, 5) is 13.4. The van der Waals surface area contributed by atoms with Gasteiger partial charge in [-0.3, -0.25) is 4.79 Å². The molecule has 0 saturated heterocycles. The molecule has 0 aliphatic carbocycles. The first kappa shape index (κ1) is 13.2. The number of aliphatic hydroxyl groups excluding tert-OH is 1. The van der Waals surface area contributed by atoms with Crippen molar-refractivity contribution in [1.29, 1.82) is 0 Å². The first-order valence-corrected chi connectivity index (χ1v) is 5.05. The minimum Gasteiger partial charge on any atom is -0.396 e. The molecule has 1 amide bonds. The number of carbonyl (C=O) groups excluding carboxylic acids is 1. The van der Waals surface area contributed by atoms with Crippen molar-refractivity contribution in [3.8, 4) is 0 Å². The van der Waals surface area contributed by atoms with Gasteiger partial charge in [0.2, 0.25) is 5.91 Å². The molecule has 14 heavy (non-hydrogen) atoms. The van der Waals surface area contributed by atoms with Crippen LogP contribution in [0, 0.1) is 0 Å². The zero-order chi connectivity index (χ0) is 11.1. The van der Waals surface area contributed by atoms with Gasteiger partial charge in [0.15, 0.2) is 0 Å². The van der Waals surface area contributed by atoms with Gasteiger partial charge in [-0.2, -0.15) is 0 Å². The minimum atomic E-state index is 0.0356. The molecule has 0 spiro atoms. The molecule has 0 fully saturated rings. The normalized spacial score (nSPS) is 10.1. The maximum absolute atomic E-state index is 11.7. The van der Waals surface area contributed by atoms with Crippen LogP contribution in [0.3, 0.4) is 0 Å². The number of hydrogen-bond donors (Lipinski definition) is 1. The predicted molar refractivity (Wildman–Crippen MR) is 58.0 cm³/mol. The van der Waals surface area contributed by atoms with E-state index in [9.17, 15) is 4.79 Å². The van der Waals surface area contributed by atoms with Gasteiger partial charge in [-0.1, -0.05) is 5.57 Å². The second-order valence-electron chi connectivity index (χ2n) is 3.92. The van der Waals surface area contributed by atoms with Crippen molar-refractivity contribution in [1.82, 2.24) is 4.90 Å². The Morgan fingerprint density at radius 1 is 1.43 bits per heavy atom. The number of carbonyl (C=O) groups is 1. The SMILES string of the molecule is CC(C)=CC(=O)N(CCCO)C(C)C. The van der Waals surface area contributed by atoms with E-state index in [-0.39, 0.29) is 18.6 Å². The van der Waals surface area contributed by atoms with Crippen LogP contribution in [0.1, 0.15) is 34.1 Å². The number of allylic oxidation sites excluding steroid dienone is 1. The number of nitrogens with zero attached hydrogens (tertiary/aromatic N) is 1. The Labute approximate surface area is 86.4 Å². The van der Waals surface area contributed by atoms with Crippen LogP contribution in [-0.4, -0.2) is 35.1 Å². The van der Waals surface area contributed by atoms with E-state index in [4.69, 9.17) is 5.11 Å². The van der Waals surface area contributed by atoms with E-state index in [1.165, 1.54) is 0 Å². The summed E-state index contributed by atoms with van der Waals surface area (Å²) in [7, 11) is 0. The number of amides is 1. The molecule has 0 heterocycles. The highest BCUT2D eigenvalue weighted by atomic mass is 16.3. The highest BCUT2D eigenvalue weighted by Crippen LogP contribution is 2.03. The summed E-state index contributed by atoms with van der Waals surface area (Å²) >= 11 is 0. The van der Waals surface area contributed by atoms with Gasteiger partial charge in [0.05, 0.1) is 0 Å². The quantitative estimate of drug-likeness (QED) is 0.683. The average molecular weight is 199 g/mol. The molecule has 0 atom stereocenters. The molecule has 0 unspecified atom stereocenters. The van der Waals surface area contributed by atoms with Crippen molar-refractivity contribution in [3.63, 3.8) is 0 Å². The second-order valence-corrected chi connectivity index (χ2v) is 3.92. The van der Waals surface area contributed by atoms with Crippen molar-refractivity contribution in [2.24, 2.45) is 0 Å². The lowest BCUT2D eigenvalue weighted by molar-refractivity contribution is -0.127. The molecular weight excluding hydrogens is 178 g/mol. The molecular formula is C11H21NO2. The summed E-state index contributed by atoms with van der Waals surface area (Å²) in [6, 6.07) is 0.185. The Kier molecular flexibility index (Phi) is 6.21. The van der Waals surface area contributed by atoms with Gasteiger partial charge in [0, 0.05) is 25.3 Å². The summed E-state index contributed by atoms with van der Waals surface area (Å²) in [5, 5.41) is 8.71. The molecule has 0 aromatic carbocycles. The van der Waals surface area contributed by atoms with Crippen LogP contribution in [0.5, 0.6) is 0 Å². The van der Waals surface area contributed by atoms with Crippen molar-refractivity contribution < 1.29 is 9.90 Å². The molecule has 0 aromatic heterocycles. The average Bonchev–Trinajstić information content (AvgIpc) is 2.02. The Balaban J connectivity index is 4.34. The first-order valence-electron chi connectivity index (χ1n) is 5.05. The summed E-state index contributed by atoms with van der Waals surface area (Å²) in [6.45, 7) is 8.52. The number of rotatable bonds is 5. The van der Waals surface area contributed by atoms with Gasteiger partial charge >= 0.3 is 0 Å². The van der Waals surface area contributed by atoms with Crippen molar-refractivity contribution in [3.05, 3.63) is 11.6 Å². The molecule has 0 aliphatic heterocycles. The minimum absolute atomic E-state index is 0.0356. The molecule has 0 radical (unpaired) electrons. The molecule has 0 rings (SSSR count). The third-order valence-electron chi connectivity index (χ3n) is 1.88. The van der Waals surface area contributed by atoms with Gasteiger partial charge in [0.1, 0.15) is 0 Å². The van der Waals surface area contributed by atoms with E-state index in [1.807, 2.05) is 27.7 Å². The maximum Gasteiger partial charge on any atom is 0.246 e. The Hall–Kier alpha value is -0.830. The Morgan fingerprint density at radius 3 is 2.36 bits per heavy atom. The van der Waals surface area contributed by atoms with Crippen LogP contribution >= 0.6 is 0 Å². The van der Waals surface area contributed by atoms with Crippen LogP contribution in [0.25, 0.3) is 0 Å². The van der Waals surface area contributed by atoms with Crippen LogP contribution in [0.4, 0.5) is 0 Å². The highest BCUT2D eigenvalue weighted by Gasteiger charge is 2.13. The van der Waals surface area contributed by atoms with Crippen LogP contribution in [-0.2, 0) is 4.79 Å². The van der Waals surface area contributed by atoms with Gasteiger partial charge in [-0.15, -0.1) is 0 Å². The molecule has 3 nitrogen and oxygen atoms in total. The van der Waals surface area contributed by atoms with Crippen LogP contribution in [0.2, 0.25) is 0 Å². The lowest BCUT2D eigenvalue weighted by Crippen LogP contribution is -2.37. The fourth-order valence-electron chi connectivity index (χ4n) is 1.19. The Bertz CT molecular complexity index is 205. The smallest absolute Gasteiger partial charge is 0.246 e. The molecule has 0 aliphatic rings. The van der Waals surface area contributed by atoms with E-state index >= 15 is 0 Å². The van der Waals surface area contributed by atoms with E-state index in [0.29, 0.717) is 13.0 Å². The summed E-state index contributed by atoms with van der Waals surface area (Å²) < 4.78 is 0. The monoisotopic (exact) mass is 199 g/mol. The van der Waals surface area contributed by atoms with E-state index in [0.717, 1.165) is 5.57 Å². The molecule has 3 heteroatoms. The van der Waals surface area contributed by atoms with Crippen LogP contribution in [0.15, 0.2) is 11.6 Å². The van der Waals surface area contributed by atoms with Crippen LogP contribution < -0.4 is 0 Å². The van der Waals surface area contributed by atoms with Crippen molar-refractivity contribution in [2.45, 2.75) is 40.2 Å². The number of hydrogen-bond acceptors (Lipinski definition) is 2. The van der Waals surface area contributed by atoms with E-state index < -0.39 is 0 Å². The van der Waals surface area contributed by atoms with E-state index in [2.05, 4.69) is 0 Å². The number of aliphatic hydroxyl groups is 1. The zero-order valence-electron chi connectivity index (χ0n) is 9.58. The first-order chi connectivity index (χ1) is 6.49. The highest BCUT2D eigenvalue weighted by molar-refractivity contribution is 5.88. The Morgan fingerprint density at radius 2 is 2.00 bits per heavy atom. The molecule has 82 valence electrons. The molecule has 0 aromatic rings. The van der Waals surface area contributed by atoms with Gasteiger partial charge in [-0.05, 0) is 34.1 Å². The zero-order valence-corrected chi connectivity index (χ0v) is 9.58. The summed E-state index contributed by atoms with van der Waals surface area (Å²) in [5.41, 5.74) is 1.00. The van der Waals surface area contributed by atoms with Gasteiger partial charge < -0.3 is 10.0 Å². The standard InChI is InChI=1S/C11H21NO2/c1-9(2)8-11(14)12(10(3)4)6-5-7-13/h8,10,13H,5-7H2,1-4H3. The lowest BCUT2D eigenvalue weighted by atomic mass is 10.2. The molecule has 1 N–H and O–H groups in total. The van der Waals surface area contributed by atoms with Crippen molar-refractivity contribution >= 4 is 5.91 Å². The summed E-state index contributed by atoms with van der Waals surface area (Å²) in [5.74, 6) is 0.0356. The fraction of sp³-hybridized carbons (Fsp3) is 0.727. The maximum atomic E-state index is 11.7. The largest absolute Gasteiger partial charge is 0.396 e. The second kappa shape index (κ2) is 6.60. The fourth-order valence-corrected chi connectivity index (χ4v) is 1.19.